The fourth-order valence-electron chi connectivity index (χ4n) is 2.42. The number of carbonyl (C=O) groups excluding carboxylic acids is 1. The number of amides is 1. The Morgan fingerprint density at radius 3 is 2.80 bits per heavy atom. The maximum Gasteiger partial charge on any atom is 0.251 e. The van der Waals surface area contributed by atoms with Gasteiger partial charge in [-0.15, -0.1) is 0 Å². The van der Waals surface area contributed by atoms with Crippen LogP contribution in [0.3, 0.4) is 0 Å². The van der Waals surface area contributed by atoms with E-state index in [1.165, 1.54) is 12.8 Å². The van der Waals surface area contributed by atoms with Gasteiger partial charge < -0.3 is 20.5 Å². The number of carbonyl (C=O) groups is 1. The molecule has 1 aromatic rings. The molecule has 0 saturated heterocycles. The van der Waals surface area contributed by atoms with E-state index < -0.39 is 0 Å². The molecule has 5 nitrogen and oxygen atoms in total. The molecule has 5 heteroatoms. The summed E-state index contributed by atoms with van der Waals surface area (Å²) >= 11 is 0. The molecule has 1 fully saturated rings. The monoisotopic (exact) mass is 278 g/mol. The summed E-state index contributed by atoms with van der Waals surface area (Å²) in [6, 6.07) is 5.01. The predicted molar refractivity (Wildman–Crippen MR) is 77.9 cm³/mol. The predicted octanol–water partition coefficient (Wildman–Crippen LogP) is 1.97. The second-order valence-corrected chi connectivity index (χ2v) is 4.99. The first-order chi connectivity index (χ1) is 9.70. The summed E-state index contributed by atoms with van der Waals surface area (Å²) in [7, 11) is 1.55. The maximum atomic E-state index is 11.9. The number of hydrogen-bond donors (Lipinski definition) is 2. The molecule has 110 valence electrons. The first kappa shape index (κ1) is 14.7. The molecule has 0 bridgehead atoms. The van der Waals surface area contributed by atoms with E-state index in [2.05, 4.69) is 5.32 Å². The van der Waals surface area contributed by atoms with Crippen LogP contribution in [-0.2, 0) is 4.74 Å². The van der Waals surface area contributed by atoms with Gasteiger partial charge in [0.2, 0.25) is 0 Å². The van der Waals surface area contributed by atoms with Crippen molar-refractivity contribution >= 4 is 11.6 Å². The molecule has 20 heavy (non-hydrogen) atoms. The average molecular weight is 278 g/mol. The van der Waals surface area contributed by atoms with E-state index in [0.717, 1.165) is 12.8 Å². The molecule has 1 aromatic carbocycles. The Balaban J connectivity index is 1.75. The zero-order chi connectivity index (χ0) is 14.4. The van der Waals surface area contributed by atoms with Crippen molar-refractivity contribution < 1.29 is 14.3 Å². The van der Waals surface area contributed by atoms with Crippen molar-refractivity contribution in [3.8, 4) is 5.75 Å². The summed E-state index contributed by atoms with van der Waals surface area (Å²) in [5.41, 5.74) is 6.77. The van der Waals surface area contributed by atoms with Gasteiger partial charge in [-0.25, -0.2) is 0 Å². The van der Waals surface area contributed by atoms with Crippen LogP contribution in [0.2, 0.25) is 0 Å². The third-order valence-corrected chi connectivity index (χ3v) is 3.54. The quantitative estimate of drug-likeness (QED) is 0.616. The van der Waals surface area contributed by atoms with Gasteiger partial charge in [0.05, 0.1) is 25.5 Å². The fourth-order valence-corrected chi connectivity index (χ4v) is 2.42. The van der Waals surface area contributed by atoms with E-state index in [9.17, 15) is 4.79 Å². The number of rotatable bonds is 6. The van der Waals surface area contributed by atoms with Gasteiger partial charge in [0.25, 0.3) is 5.91 Å². The number of ether oxygens (including phenoxy) is 2. The summed E-state index contributed by atoms with van der Waals surface area (Å²) in [5, 5.41) is 2.83. The van der Waals surface area contributed by atoms with Crippen LogP contribution < -0.4 is 15.8 Å². The van der Waals surface area contributed by atoms with E-state index in [4.69, 9.17) is 15.2 Å². The summed E-state index contributed by atoms with van der Waals surface area (Å²) in [6.45, 7) is 1.07. The average Bonchev–Trinajstić information content (AvgIpc) is 2.96. The maximum absolute atomic E-state index is 11.9. The molecule has 0 atom stereocenters. The number of methoxy groups -OCH3 is 1. The molecule has 1 aliphatic carbocycles. The van der Waals surface area contributed by atoms with E-state index in [1.54, 1.807) is 25.3 Å². The minimum Gasteiger partial charge on any atom is -0.495 e. The van der Waals surface area contributed by atoms with Crippen molar-refractivity contribution in [2.75, 3.05) is 26.0 Å². The lowest BCUT2D eigenvalue weighted by molar-refractivity contribution is 0.0582. The molecule has 0 radical (unpaired) electrons. The molecule has 0 aliphatic heterocycles. The number of benzene rings is 1. The standard InChI is InChI=1S/C15H22N2O3/c1-19-14-7-6-11(10-13(14)16)15(18)17-8-9-20-12-4-2-3-5-12/h6-7,10,12H,2-5,8-9,16H2,1H3,(H,17,18). The summed E-state index contributed by atoms with van der Waals surface area (Å²) < 4.78 is 10.7. The van der Waals surface area contributed by atoms with Crippen molar-refractivity contribution in [2.24, 2.45) is 0 Å². The van der Waals surface area contributed by atoms with Crippen LogP contribution in [-0.4, -0.2) is 32.3 Å². The first-order valence-electron chi connectivity index (χ1n) is 7.04. The second kappa shape index (κ2) is 7.14. The Labute approximate surface area is 119 Å². The molecule has 1 aliphatic rings. The van der Waals surface area contributed by atoms with E-state index in [0.29, 0.717) is 36.3 Å². The first-order valence-corrected chi connectivity index (χ1v) is 7.04. The van der Waals surface area contributed by atoms with Crippen molar-refractivity contribution in [3.63, 3.8) is 0 Å². The van der Waals surface area contributed by atoms with Crippen molar-refractivity contribution in [2.45, 2.75) is 31.8 Å². The van der Waals surface area contributed by atoms with Crippen LogP contribution in [0.25, 0.3) is 0 Å². The highest BCUT2D eigenvalue weighted by Crippen LogP contribution is 2.22. The highest BCUT2D eigenvalue weighted by atomic mass is 16.5. The Morgan fingerprint density at radius 1 is 1.40 bits per heavy atom. The van der Waals surface area contributed by atoms with Gasteiger partial charge in [-0.05, 0) is 31.0 Å². The summed E-state index contributed by atoms with van der Waals surface area (Å²) in [6.07, 6.45) is 5.17. The Hall–Kier alpha value is -1.75. The number of nitrogens with two attached hydrogens (primary N) is 1. The zero-order valence-electron chi connectivity index (χ0n) is 11.9. The molecule has 0 unspecified atom stereocenters. The van der Waals surface area contributed by atoms with Crippen molar-refractivity contribution in [3.05, 3.63) is 23.8 Å². The van der Waals surface area contributed by atoms with Gasteiger partial charge in [0, 0.05) is 12.1 Å². The van der Waals surface area contributed by atoms with Gasteiger partial charge in [-0.1, -0.05) is 12.8 Å². The molecule has 0 spiro atoms. The molecule has 1 amide bonds. The zero-order valence-corrected chi connectivity index (χ0v) is 11.9. The molecule has 0 heterocycles. The fraction of sp³-hybridized carbons (Fsp3) is 0.533. The molecule has 1 saturated carbocycles. The molecule has 2 rings (SSSR count). The van der Waals surface area contributed by atoms with Crippen molar-refractivity contribution in [1.82, 2.24) is 5.32 Å². The van der Waals surface area contributed by atoms with Crippen LogP contribution >= 0.6 is 0 Å². The number of hydrogen-bond acceptors (Lipinski definition) is 4. The van der Waals surface area contributed by atoms with E-state index in [-0.39, 0.29) is 5.91 Å². The summed E-state index contributed by atoms with van der Waals surface area (Å²) in [5.74, 6) is 0.431. The lowest BCUT2D eigenvalue weighted by Crippen LogP contribution is -2.28. The molecular weight excluding hydrogens is 256 g/mol. The lowest BCUT2D eigenvalue weighted by Gasteiger charge is -2.12. The van der Waals surface area contributed by atoms with Crippen LogP contribution in [0, 0.1) is 0 Å². The van der Waals surface area contributed by atoms with E-state index >= 15 is 0 Å². The van der Waals surface area contributed by atoms with Gasteiger partial charge in [0.1, 0.15) is 5.75 Å². The normalized spacial score (nSPS) is 15.2. The third-order valence-electron chi connectivity index (χ3n) is 3.54. The van der Waals surface area contributed by atoms with Crippen LogP contribution in [0.15, 0.2) is 18.2 Å². The number of nitrogens with one attached hydrogen (secondary N) is 1. The Kier molecular flexibility index (Phi) is 5.24. The lowest BCUT2D eigenvalue weighted by atomic mass is 10.2. The molecular formula is C15H22N2O3. The topological polar surface area (TPSA) is 73.6 Å². The third kappa shape index (κ3) is 3.87. The Morgan fingerprint density at radius 2 is 2.15 bits per heavy atom. The smallest absolute Gasteiger partial charge is 0.251 e. The van der Waals surface area contributed by atoms with Gasteiger partial charge in [-0.3, -0.25) is 4.79 Å². The molecule has 3 N–H and O–H groups in total. The van der Waals surface area contributed by atoms with Gasteiger partial charge in [0.15, 0.2) is 0 Å². The largest absolute Gasteiger partial charge is 0.495 e. The van der Waals surface area contributed by atoms with E-state index in [1.807, 2.05) is 0 Å². The number of anilines is 1. The number of nitrogen functional groups attached to an aromatic ring is 1. The van der Waals surface area contributed by atoms with Crippen molar-refractivity contribution in [1.29, 1.82) is 0 Å². The SMILES string of the molecule is COc1ccc(C(=O)NCCOC2CCCC2)cc1N. The van der Waals surface area contributed by atoms with Crippen LogP contribution in [0.5, 0.6) is 5.75 Å². The highest BCUT2D eigenvalue weighted by Gasteiger charge is 2.15. The Bertz CT molecular complexity index is 456. The highest BCUT2D eigenvalue weighted by molar-refractivity contribution is 5.95. The minimum atomic E-state index is -0.144. The minimum absolute atomic E-state index is 0.144. The molecule has 0 aromatic heterocycles. The van der Waals surface area contributed by atoms with Gasteiger partial charge in [-0.2, -0.15) is 0 Å². The second-order valence-electron chi connectivity index (χ2n) is 4.99. The van der Waals surface area contributed by atoms with Gasteiger partial charge >= 0.3 is 0 Å². The van der Waals surface area contributed by atoms with Crippen LogP contribution in [0.1, 0.15) is 36.0 Å². The van der Waals surface area contributed by atoms with Crippen LogP contribution in [0.4, 0.5) is 5.69 Å². The summed E-state index contributed by atoms with van der Waals surface area (Å²) in [4.78, 5) is 11.9.